The molecule has 4 rings (SSSR count). The number of benzene rings is 1. The molecule has 0 saturated carbocycles. The van der Waals surface area contributed by atoms with E-state index in [9.17, 15) is 17.6 Å². The highest BCUT2D eigenvalue weighted by Gasteiger charge is 2.38. The van der Waals surface area contributed by atoms with Crippen LogP contribution in [0, 0.1) is 11.7 Å². The first-order valence-corrected chi connectivity index (χ1v) is 7.55. The van der Waals surface area contributed by atoms with Gasteiger partial charge in [-0.05, 0) is 18.6 Å². The SMILES string of the molecule is Fc1ccc2nc(OCC3CCOC3)c3nnc(C(F)(F)F)n3c2c1. The molecule has 1 aromatic carbocycles. The van der Waals surface area contributed by atoms with Gasteiger partial charge in [0.05, 0.1) is 24.2 Å². The lowest BCUT2D eigenvalue weighted by Gasteiger charge is -2.12. The molecule has 6 nitrogen and oxygen atoms in total. The van der Waals surface area contributed by atoms with Crippen LogP contribution in [-0.2, 0) is 10.9 Å². The molecule has 3 aromatic rings. The van der Waals surface area contributed by atoms with Crippen molar-refractivity contribution in [1.82, 2.24) is 19.6 Å². The summed E-state index contributed by atoms with van der Waals surface area (Å²) in [5, 5.41) is 6.77. The minimum absolute atomic E-state index is 0.0750. The maximum Gasteiger partial charge on any atom is 0.452 e. The molecular weight excluding hydrogens is 344 g/mol. The third kappa shape index (κ3) is 2.86. The second-order valence-corrected chi connectivity index (χ2v) is 5.77. The van der Waals surface area contributed by atoms with Gasteiger partial charge in [0.15, 0.2) is 0 Å². The molecule has 0 spiro atoms. The molecule has 0 bridgehead atoms. The minimum Gasteiger partial charge on any atom is -0.475 e. The Hall–Kier alpha value is -2.49. The van der Waals surface area contributed by atoms with Crippen molar-refractivity contribution in [3.8, 4) is 5.88 Å². The van der Waals surface area contributed by atoms with Crippen molar-refractivity contribution in [2.45, 2.75) is 12.6 Å². The molecule has 0 amide bonds. The number of fused-ring (bicyclic) bond motifs is 3. The Morgan fingerprint density at radius 1 is 1.28 bits per heavy atom. The zero-order valence-corrected chi connectivity index (χ0v) is 12.8. The van der Waals surface area contributed by atoms with Crippen LogP contribution in [0.1, 0.15) is 12.2 Å². The third-order valence-electron chi connectivity index (χ3n) is 3.99. The number of rotatable bonds is 3. The van der Waals surface area contributed by atoms with Crippen LogP contribution in [0.15, 0.2) is 18.2 Å². The van der Waals surface area contributed by atoms with E-state index in [0.29, 0.717) is 13.2 Å². The predicted octanol–water partition coefficient (Wildman–Crippen LogP) is 2.85. The molecule has 1 aliphatic heterocycles. The van der Waals surface area contributed by atoms with Crippen LogP contribution in [-0.4, -0.2) is 39.4 Å². The van der Waals surface area contributed by atoms with Gasteiger partial charge >= 0.3 is 6.18 Å². The van der Waals surface area contributed by atoms with E-state index in [-0.39, 0.29) is 35.1 Å². The molecule has 0 aliphatic carbocycles. The summed E-state index contributed by atoms with van der Waals surface area (Å²) in [7, 11) is 0. The van der Waals surface area contributed by atoms with E-state index >= 15 is 0 Å². The van der Waals surface area contributed by atoms with Crippen molar-refractivity contribution in [1.29, 1.82) is 0 Å². The molecule has 0 N–H and O–H groups in total. The molecule has 1 atom stereocenters. The van der Waals surface area contributed by atoms with Crippen molar-refractivity contribution >= 4 is 16.7 Å². The summed E-state index contributed by atoms with van der Waals surface area (Å²) in [6, 6.07) is 3.37. The Bertz CT molecular complexity index is 935. The molecule has 1 fully saturated rings. The van der Waals surface area contributed by atoms with Crippen LogP contribution in [0.2, 0.25) is 0 Å². The van der Waals surface area contributed by atoms with E-state index in [1.807, 2.05) is 0 Å². The van der Waals surface area contributed by atoms with Crippen molar-refractivity contribution in [3.05, 3.63) is 29.8 Å². The largest absolute Gasteiger partial charge is 0.475 e. The highest BCUT2D eigenvalue weighted by Crippen LogP contribution is 2.32. The first-order valence-electron chi connectivity index (χ1n) is 7.55. The van der Waals surface area contributed by atoms with Crippen LogP contribution in [0.25, 0.3) is 16.7 Å². The molecular formula is C15H12F4N4O2. The maximum atomic E-state index is 13.5. The van der Waals surface area contributed by atoms with Crippen molar-refractivity contribution in [2.24, 2.45) is 5.92 Å². The average Bonchev–Trinajstić information content (AvgIpc) is 3.22. The summed E-state index contributed by atoms with van der Waals surface area (Å²) in [4.78, 5) is 4.18. The summed E-state index contributed by atoms with van der Waals surface area (Å²) in [5.41, 5.74) is -0.134. The second-order valence-electron chi connectivity index (χ2n) is 5.77. The van der Waals surface area contributed by atoms with Gasteiger partial charge in [-0.3, -0.25) is 4.40 Å². The van der Waals surface area contributed by atoms with E-state index in [1.54, 1.807) is 0 Å². The first-order chi connectivity index (χ1) is 11.9. The second kappa shape index (κ2) is 5.80. The van der Waals surface area contributed by atoms with Crippen molar-refractivity contribution in [3.63, 3.8) is 0 Å². The van der Waals surface area contributed by atoms with Gasteiger partial charge in [-0.1, -0.05) is 0 Å². The van der Waals surface area contributed by atoms with Gasteiger partial charge in [-0.15, -0.1) is 10.2 Å². The highest BCUT2D eigenvalue weighted by molar-refractivity contribution is 5.80. The predicted molar refractivity (Wildman–Crippen MR) is 77.7 cm³/mol. The van der Waals surface area contributed by atoms with Gasteiger partial charge in [0.25, 0.3) is 5.88 Å². The molecule has 1 saturated heterocycles. The Morgan fingerprint density at radius 3 is 2.84 bits per heavy atom. The maximum absolute atomic E-state index is 13.5. The zero-order valence-electron chi connectivity index (χ0n) is 12.8. The summed E-state index contributed by atoms with van der Waals surface area (Å²) in [6.45, 7) is 1.39. The van der Waals surface area contributed by atoms with E-state index in [2.05, 4.69) is 15.2 Å². The van der Waals surface area contributed by atoms with Crippen molar-refractivity contribution < 1.29 is 27.0 Å². The van der Waals surface area contributed by atoms with Crippen LogP contribution < -0.4 is 4.74 Å². The number of aromatic nitrogens is 4. The first kappa shape index (κ1) is 16.0. The molecule has 1 unspecified atom stereocenters. The highest BCUT2D eigenvalue weighted by atomic mass is 19.4. The standard InChI is InChI=1S/C15H12F4N4O2/c16-9-1-2-10-11(5-9)23-12(21-22-14(23)15(17,18)19)13(20-10)25-7-8-3-4-24-6-8/h1-2,5,8H,3-4,6-7H2. The van der Waals surface area contributed by atoms with Crippen molar-refractivity contribution in [2.75, 3.05) is 19.8 Å². The van der Waals surface area contributed by atoms with E-state index in [4.69, 9.17) is 9.47 Å². The molecule has 2 aromatic heterocycles. The Labute approximate surface area is 138 Å². The average molecular weight is 356 g/mol. The summed E-state index contributed by atoms with van der Waals surface area (Å²) in [5.74, 6) is -1.88. The number of alkyl halides is 3. The third-order valence-corrected chi connectivity index (χ3v) is 3.99. The lowest BCUT2D eigenvalue weighted by atomic mass is 10.1. The number of hydrogen-bond acceptors (Lipinski definition) is 5. The van der Waals surface area contributed by atoms with Crippen LogP contribution in [0.4, 0.5) is 17.6 Å². The topological polar surface area (TPSA) is 61.5 Å². The fraction of sp³-hybridized carbons (Fsp3) is 0.400. The smallest absolute Gasteiger partial charge is 0.452 e. The normalized spacial score (nSPS) is 18.3. The molecule has 132 valence electrons. The Balaban J connectivity index is 1.87. The molecule has 3 heterocycles. The number of nitrogens with zero attached hydrogens (tertiary/aromatic N) is 4. The summed E-state index contributed by atoms with van der Waals surface area (Å²) < 4.78 is 64.8. The zero-order chi connectivity index (χ0) is 17.6. The lowest BCUT2D eigenvalue weighted by Crippen LogP contribution is -2.14. The van der Waals surface area contributed by atoms with Crippen LogP contribution in [0.3, 0.4) is 0 Å². The quantitative estimate of drug-likeness (QED) is 0.676. The van der Waals surface area contributed by atoms with E-state index in [1.165, 1.54) is 6.07 Å². The Morgan fingerprint density at radius 2 is 2.12 bits per heavy atom. The van der Waals surface area contributed by atoms with Gasteiger partial charge < -0.3 is 9.47 Å². The van der Waals surface area contributed by atoms with Gasteiger partial charge in [0, 0.05) is 18.6 Å². The van der Waals surface area contributed by atoms with Gasteiger partial charge in [0.1, 0.15) is 5.82 Å². The summed E-state index contributed by atoms with van der Waals surface area (Å²) >= 11 is 0. The molecule has 10 heteroatoms. The van der Waals surface area contributed by atoms with Gasteiger partial charge in [-0.25, -0.2) is 9.37 Å². The van der Waals surface area contributed by atoms with E-state index < -0.39 is 17.8 Å². The number of halogens is 4. The van der Waals surface area contributed by atoms with Gasteiger partial charge in [-0.2, -0.15) is 13.2 Å². The number of hydrogen-bond donors (Lipinski definition) is 0. The monoisotopic (exact) mass is 356 g/mol. The molecule has 1 aliphatic rings. The Kier molecular flexibility index (Phi) is 3.71. The van der Waals surface area contributed by atoms with Crippen LogP contribution in [0.5, 0.6) is 5.88 Å². The molecule has 0 radical (unpaired) electrons. The van der Waals surface area contributed by atoms with Crippen LogP contribution >= 0.6 is 0 Å². The summed E-state index contributed by atoms with van der Waals surface area (Å²) in [6.07, 6.45) is -3.95. The lowest BCUT2D eigenvalue weighted by molar-refractivity contribution is -0.145. The van der Waals surface area contributed by atoms with E-state index in [0.717, 1.165) is 23.0 Å². The fourth-order valence-electron chi connectivity index (χ4n) is 2.77. The number of ether oxygens (including phenoxy) is 2. The van der Waals surface area contributed by atoms with Gasteiger partial charge in [0.2, 0.25) is 11.5 Å². The fourth-order valence-corrected chi connectivity index (χ4v) is 2.77. The molecule has 25 heavy (non-hydrogen) atoms. The minimum atomic E-state index is -4.75.